The van der Waals surface area contributed by atoms with Crippen LogP contribution in [0, 0.1) is 15.5 Å². The number of allylic oxidation sites excluding steroid dienone is 9. The molecule has 0 N–H and O–H groups in total. The van der Waals surface area contributed by atoms with Gasteiger partial charge in [-0.05, 0) is 56.6 Å². The largest absolute Gasteiger partial charge is 0.435 e. The third kappa shape index (κ3) is 8.53. The van der Waals surface area contributed by atoms with Crippen LogP contribution in [-0.4, -0.2) is 17.8 Å². The molecule has 6 heteroatoms. The van der Waals surface area contributed by atoms with Crippen molar-refractivity contribution in [3.63, 3.8) is 0 Å². The Labute approximate surface area is 161 Å². The molecule has 0 fully saturated rings. The van der Waals surface area contributed by atoms with Gasteiger partial charge in [-0.3, -0.25) is 4.84 Å². The Kier molecular flexibility index (Phi) is 8.72. The van der Waals surface area contributed by atoms with Gasteiger partial charge in [-0.15, -0.1) is 10.1 Å². The van der Waals surface area contributed by atoms with Gasteiger partial charge in [-0.25, -0.2) is 4.79 Å². The van der Waals surface area contributed by atoms with Crippen molar-refractivity contribution in [2.45, 2.75) is 53.9 Å². The van der Waals surface area contributed by atoms with Crippen molar-refractivity contribution in [2.75, 3.05) is 6.79 Å². The van der Waals surface area contributed by atoms with E-state index < -0.39 is 17.8 Å². The van der Waals surface area contributed by atoms with Gasteiger partial charge in [0.05, 0.1) is 0 Å². The second-order valence-corrected chi connectivity index (χ2v) is 7.36. The molecular weight excluding hydrogens is 346 g/mol. The fourth-order valence-electron chi connectivity index (χ4n) is 3.04. The van der Waals surface area contributed by atoms with Gasteiger partial charge in [0.1, 0.15) is 0 Å². The van der Waals surface area contributed by atoms with Crippen LogP contribution in [0.5, 0.6) is 0 Å². The first kappa shape index (κ1) is 22.4. The van der Waals surface area contributed by atoms with Crippen LogP contribution in [0.15, 0.2) is 58.7 Å². The topological polar surface area (TPSA) is 78.7 Å². The summed E-state index contributed by atoms with van der Waals surface area (Å²) < 4.78 is 4.54. The van der Waals surface area contributed by atoms with Gasteiger partial charge in [-0.2, -0.15) is 0 Å². The summed E-state index contributed by atoms with van der Waals surface area (Å²) in [6.07, 6.45) is 14.8. The molecule has 0 bridgehead atoms. The highest BCUT2D eigenvalue weighted by atomic mass is 17.0. The van der Waals surface area contributed by atoms with Gasteiger partial charge in [0.25, 0.3) is 5.09 Å². The van der Waals surface area contributed by atoms with E-state index in [1.807, 2.05) is 19.1 Å². The summed E-state index contributed by atoms with van der Waals surface area (Å²) in [4.78, 5) is 25.3. The van der Waals surface area contributed by atoms with Crippen molar-refractivity contribution >= 4 is 5.97 Å². The van der Waals surface area contributed by atoms with Crippen LogP contribution < -0.4 is 0 Å². The number of hydrogen-bond donors (Lipinski definition) is 0. The molecule has 0 atom stereocenters. The molecule has 0 aliphatic heterocycles. The number of esters is 1. The summed E-state index contributed by atoms with van der Waals surface area (Å²) in [5.41, 5.74) is 4.86. The van der Waals surface area contributed by atoms with Gasteiger partial charge >= 0.3 is 5.97 Å². The van der Waals surface area contributed by atoms with Crippen LogP contribution >= 0.6 is 0 Å². The highest BCUT2D eigenvalue weighted by molar-refractivity contribution is 5.83. The number of nitrogens with zero attached hydrogens (tertiary/aromatic N) is 1. The molecule has 0 saturated carbocycles. The third-order valence-corrected chi connectivity index (χ3v) is 4.48. The Hall–Kier alpha value is -2.63. The molecule has 0 unspecified atom stereocenters. The number of rotatable bonds is 8. The van der Waals surface area contributed by atoms with Crippen LogP contribution in [0.1, 0.15) is 53.9 Å². The van der Waals surface area contributed by atoms with E-state index in [-0.39, 0.29) is 5.41 Å². The highest BCUT2D eigenvalue weighted by Gasteiger charge is 2.26. The van der Waals surface area contributed by atoms with E-state index in [4.69, 9.17) is 0 Å². The zero-order valence-electron chi connectivity index (χ0n) is 16.8. The quantitative estimate of drug-likeness (QED) is 0.145. The molecule has 0 heterocycles. The summed E-state index contributed by atoms with van der Waals surface area (Å²) in [5.74, 6) is -0.693. The SMILES string of the molecule is CC1=C(/C=C/C(C)=C/C=C/C(C)=C/C(=O)OCO[N+](=O)[O-])C(C)(C)CCC1. The van der Waals surface area contributed by atoms with Crippen LogP contribution in [0.4, 0.5) is 0 Å². The molecule has 1 aliphatic carbocycles. The first-order valence-electron chi connectivity index (χ1n) is 8.97. The lowest BCUT2D eigenvalue weighted by atomic mass is 9.72. The minimum Gasteiger partial charge on any atom is -0.435 e. The Morgan fingerprint density at radius 3 is 2.59 bits per heavy atom. The van der Waals surface area contributed by atoms with Crippen LogP contribution in [-0.2, 0) is 14.4 Å². The van der Waals surface area contributed by atoms with E-state index in [0.717, 1.165) is 5.57 Å². The molecule has 0 aromatic carbocycles. The van der Waals surface area contributed by atoms with E-state index in [9.17, 15) is 14.9 Å². The van der Waals surface area contributed by atoms with Crippen molar-refractivity contribution in [3.05, 3.63) is 68.9 Å². The standard InChI is InChI=1S/C21H29NO5/c1-16(11-12-19-18(3)10-7-13-21(19,4)5)8-6-9-17(2)14-20(23)26-15-27-22(24)25/h6,8-9,11-12,14H,7,10,13,15H2,1-5H3/b9-6+,12-11+,16-8+,17-14+. The van der Waals surface area contributed by atoms with E-state index in [0.29, 0.717) is 5.57 Å². The zero-order valence-corrected chi connectivity index (χ0v) is 16.8. The van der Waals surface area contributed by atoms with Gasteiger partial charge in [0.2, 0.25) is 6.79 Å². The van der Waals surface area contributed by atoms with Gasteiger partial charge in [0.15, 0.2) is 0 Å². The van der Waals surface area contributed by atoms with E-state index in [1.54, 1.807) is 13.0 Å². The summed E-state index contributed by atoms with van der Waals surface area (Å²) in [6, 6.07) is 0. The first-order valence-corrected chi connectivity index (χ1v) is 8.97. The average Bonchev–Trinajstić information content (AvgIpc) is 2.53. The molecule has 0 spiro atoms. The normalized spacial score (nSPS) is 18.3. The highest BCUT2D eigenvalue weighted by Crippen LogP contribution is 2.40. The van der Waals surface area contributed by atoms with Crippen molar-refractivity contribution in [1.29, 1.82) is 0 Å². The van der Waals surface area contributed by atoms with Crippen molar-refractivity contribution in [2.24, 2.45) is 5.41 Å². The predicted octanol–water partition coefficient (Wildman–Crippen LogP) is 5.23. The van der Waals surface area contributed by atoms with Gasteiger partial charge < -0.3 is 4.74 Å². The Bertz CT molecular complexity index is 708. The molecule has 148 valence electrons. The molecule has 0 radical (unpaired) electrons. The van der Waals surface area contributed by atoms with Crippen molar-refractivity contribution in [1.82, 2.24) is 0 Å². The zero-order chi connectivity index (χ0) is 20.4. The van der Waals surface area contributed by atoms with Crippen molar-refractivity contribution in [3.8, 4) is 0 Å². The molecule has 27 heavy (non-hydrogen) atoms. The fourth-order valence-corrected chi connectivity index (χ4v) is 3.04. The van der Waals surface area contributed by atoms with Crippen LogP contribution in [0.3, 0.4) is 0 Å². The van der Waals surface area contributed by atoms with Crippen molar-refractivity contribution < 1.29 is 19.5 Å². The minimum absolute atomic E-state index is 0.216. The van der Waals surface area contributed by atoms with E-state index in [2.05, 4.69) is 42.5 Å². The fraction of sp³-hybridized carbons (Fsp3) is 0.476. The monoisotopic (exact) mass is 375 g/mol. The number of ether oxygens (including phenoxy) is 1. The van der Waals surface area contributed by atoms with Crippen LogP contribution in [0.2, 0.25) is 0 Å². The molecule has 0 amide bonds. The molecular formula is C21H29NO5. The lowest BCUT2D eigenvalue weighted by Crippen LogP contribution is -2.19. The summed E-state index contributed by atoms with van der Waals surface area (Å²) in [6.45, 7) is 9.84. The molecule has 0 aromatic heterocycles. The summed E-state index contributed by atoms with van der Waals surface area (Å²) in [5, 5.41) is 8.95. The molecule has 0 saturated heterocycles. The maximum absolute atomic E-state index is 11.4. The second-order valence-electron chi connectivity index (χ2n) is 7.36. The second kappa shape index (κ2) is 10.5. The first-order chi connectivity index (χ1) is 12.6. The molecule has 1 rings (SSSR count). The smallest absolute Gasteiger partial charge is 0.332 e. The lowest BCUT2D eigenvalue weighted by molar-refractivity contribution is -0.765. The number of carbonyl (C=O) groups is 1. The lowest BCUT2D eigenvalue weighted by Gasteiger charge is -2.32. The van der Waals surface area contributed by atoms with E-state index in [1.165, 1.54) is 36.5 Å². The molecule has 6 nitrogen and oxygen atoms in total. The molecule has 1 aliphatic rings. The Morgan fingerprint density at radius 1 is 1.26 bits per heavy atom. The minimum atomic E-state index is -1.02. The Morgan fingerprint density at radius 2 is 1.96 bits per heavy atom. The molecule has 0 aromatic rings. The summed E-state index contributed by atoms with van der Waals surface area (Å²) >= 11 is 0. The number of carbonyl (C=O) groups excluding carboxylic acids is 1. The number of hydrogen-bond acceptors (Lipinski definition) is 5. The van der Waals surface area contributed by atoms with Gasteiger partial charge in [-0.1, -0.05) is 55.4 Å². The average molecular weight is 375 g/mol. The van der Waals surface area contributed by atoms with Gasteiger partial charge in [0, 0.05) is 6.08 Å². The maximum Gasteiger partial charge on any atom is 0.332 e. The van der Waals surface area contributed by atoms with E-state index >= 15 is 0 Å². The summed E-state index contributed by atoms with van der Waals surface area (Å²) in [7, 11) is 0. The Balaban J connectivity index is 2.63. The predicted molar refractivity (Wildman–Crippen MR) is 105 cm³/mol. The third-order valence-electron chi connectivity index (χ3n) is 4.48. The maximum atomic E-state index is 11.4. The van der Waals surface area contributed by atoms with Crippen LogP contribution in [0.25, 0.3) is 0 Å².